The summed E-state index contributed by atoms with van der Waals surface area (Å²) in [6.45, 7) is 10.2. The van der Waals surface area contributed by atoms with Crippen molar-refractivity contribution in [3.63, 3.8) is 0 Å². The first-order chi connectivity index (χ1) is 14.7. The third-order valence-electron chi connectivity index (χ3n) is 5.22. The SMILES string of the molecule is Cc1cc(C)c(NC(=O)CN(C)C(=O)c2csc(-c3ccc(C(C)C)cc3)n2)c(C)c1. The fraction of sp³-hybridized carbons (Fsp3) is 0.320. The predicted octanol–water partition coefficient (Wildman–Crippen LogP) is 5.57. The lowest BCUT2D eigenvalue weighted by Crippen LogP contribution is -2.35. The van der Waals surface area contributed by atoms with Crippen molar-refractivity contribution in [1.82, 2.24) is 9.88 Å². The molecule has 0 spiro atoms. The highest BCUT2D eigenvalue weighted by Crippen LogP contribution is 2.26. The standard InChI is InChI=1S/C25H29N3O2S/c1-15(2)19-7-9-20(10-8-19)24-26-21(14-31-24)25(30)28(6)13-22(29)27-23-17(4)11-16(3)12-18(23)5/h7-12,14-15H,13H2,1-6H3,(H,27,29). The molecule has 6 heteroatoms. The van der Waals surface area contributed by atoms with E-state index in [2.05, 4.69) is 36.3 Å². The first-order valence-electron chi connectivity index (χ1n) is 10.3. The number of thiazole rings is 1. The summed E-state index contributed by atoms with van der Waals surface area (Å²) in [7, 11) is 1.62. The molecule has 2 aromatic carbocycles. The molecule has 31 heavy (non-hydrogen) atoms. The molecule has 1 aromatic heterocycles. The maximum atomic E-state index is 12.8. The molecule has 0 aliphatic rings. The van der Waals surface area contributed by atoms with Gasteiger partial charge in [0.05, 0.1) is 6.54 Å². The van der Waals surface area contributed by atoms with Gasteiger partial charge in [0, 0.05) is 23.7 Å². The zero-order chi connectivity index (χ0) is 22.7. The van der Waals surface area contributed by atoms with Gasteiger partial charge in [-0.3, -0.25) is 9.59 Å². The Hall–Kier alpha value is -2.99. The van der Waals surface area contributed by atoms with E-state index in [0.29, 0.717) is 11.6 Å². The highest BCUT2D eigenvalue weighted by molar-refractivity contribution is 7.13. The number of aromatic nitrogens is 1. The van der Waals surface area contributed by atoms with E-state index < -0.39 is 0 Å². The molecule has 5 nitrogen and oxygen atoms in total. The Bertz CT molecular complexity index is 1080. The van der Waals surface area contributed by atoms with E-state index in [9.17, 15) is 9.59 Å². The van der Waals surface area contributed by atoms with E-state index >= 15 is 0 Å². The number of amides is 2. The fourth-order valence-electron chi connectivity index (χ4n) is 3.55. The lowest BCUT2D eigenvalue weighted by molar-refractivity contribution is -0.116. The molecular weight excluding hydrogens is 406 g/mol. The van der Waals surface area contributed by atoms with Crippen molar-refractivity contribution in [2.45, 2.75) is 40.5 Å². The van der Waals surface area contributed by atoms with Crippen molar-refractivity contribution in [2.75, 3.05) is 18.9 Å². The van der Waals surface area contributed by atoms with Gasteiger partial charge in [0.15, 0.2) is 0 Å². The molecule has 1 N–H and O–H groups in total. The monoisotopic (exact) mass is 435 g/mol. The summed E-state index contributed by atoms with van der Waals surface area (Å²) in [5, 5.41) is 5.48. The van der Waals surface area contributed by atoms with E-state index in [1.165, 1.54) is 21.8 Å². The molecule has 0 atom stereocenters. The minimum Gasteiger partial charge on any atom is -0.331 e. The normalized spacial score (nSPS) is 10.9. The number of likely N-dealkylation sites (N-methyl/N-ethyl adjacent to an activating group) is 1. The number of aryl methyl sites for hydroxylation is 3. The first kappa shape index (κ1) is 22.7. The molecule has 0 aliphatic heterocycles. The number of anilines is 1. The Kier molecular flexibility index (Phi) is 6.91. The maximum Gasteiger partial charge on any atom is 0.273 e. The molecule has 0 saturated carbocycles. The van der Waals surface area contributed by atoms with Crippen molar-refractivity contribution in [3.8, 4) is 10.6 Å². The number of rotatable bonds is 6. The molecule has 0 fully saturated rings. The third kappa shape index (κ3) is 5.39. The average Bonchev–Trinajstić information content (AvgIpc) is 3.20. The smallest absolute Gasteiger partial charge is 0.273 e. The van der Waals surface area contributed by atoms with Crippen LogP contribution in [0.5, 0.6) is 0 Å². The van der Waals surface area contributed by atoms with Crippen LogP contribution < -0.4 is 5.32 Å². The van der Waals surface area contributed by atoms with Crippen molar-refractivity contribution in [3.05, 3.63) is 69.7 Å². The molecule has 0 aliphatic carbocycles. The van der Waals surface area contributed by atoms with Gasteiger partial charge >= 0.3 is 0 Å². The molecular formula is C25H29N3O2S. The van der Waals surface area contributed by atoms with Crippen molar-refractivity contribution in [1.29, 1.82) is 0 Å². The van der Waals surface area contributed by atoms with Crippen LogP contribution in [0.25, 0.3) is 10.6 Å². The summed E-state index contributed by atoms with van der Waals surface area (Å²) < 4.78 is 0. The van der Waals surface area contributed by atoms with Gasteiger partial charge in [-0.2, -0.15) is 0 Å². The van der Waals surface area contributed by atoms with Crippen LogP contribution >= 0.6 is 11.3 Å². The van der Waals surface area contributed by atoms with Gasteiger partial charge in [0.1, 0.15) is 10.7 Å². The summed E-state index contributed by atoms with van der Waals surface area (Å²) in [5.74, 6) is -0.0332. The van der Waals surface area contributed by atoms with Crippen LogP contribution in [-0.4, -0.2) is 35.3 Å². The number of hydrogen-bond acceptors (Lipinski definition) is 4. The van der Waals surface area contributed by atoms with Crippen molar-refractivity contribution < 1.29 is 9.59 Å². The van der Waals surface area contributed by atoms with Gasteiger partial charge in [-0.05, 0) is 43.4 Å². The maximum absolute atomic E-state index is 12.8. The van der Waals surface area contributed by atoms with Crippen LogP contribution in [0.15, 0.2) is 41.8 Å². The van der Waals surface area contributed by atoms with Crippen molar-refractivity contribution in [2.24, 2.45) is 0 Å². The number of nitrogens with zero attached hydrogens (tertiary/aromatic N) is 2. The Morgan fingerprint density at radius 3 is 2.26 bits per heavy atom. The highest BCUT2D eigenvalue weighted by atomic mass is 32.1. The molecule has 0 radical (unpaired) electrons. The zero-order valence-electron chi connectivity index (χ0n) is 18.9. The fourth-order valence-corrected chi connectivity index (χ4v) is 4.35. The van der Waals surface area contributed by atoms with E-state index in [0.717, 1.165) is 32.9 Å². The van der Waals surface area contributed by atoms with E-state index in [4.69, 9.17) is 0 Å². The topological polar surface area (TPSA) is 62.3 Å². The van der Waals surface area contributed by atoms with Crippen LogP contribution in [0.2, 0.25) is 0 Å². The van der Waals surface area contributed by atoms with E-state index in [-0.39, 0.29) is 18.4 Å². The molecule has 1 heterocycles. The van der Waals surface area contributed by atoms with Gasteiger partial charge in [-0.15, -0.1) is 11.3 Å². The van der Waals surface area contributed by atoms with E-state index in [1.807, 2.05) is 45.0 Å². The lowest BCUT2D eigenvalue weighted by Gasteiger charge is -2.17. The molecule has 2 amide bonds. The quantitative estimate of drug-likeness (QED) is 0.551. The number of nitrogens with one attached hydrogen (secondary N) is 1. The second kappa shape index (κ2) is 9.43. The van der Waals surface area contributed by atoms with Crippen LogP contribution in [0, 0.1) is 20.8 Å². The van der Waals surface area contributed by atoms with Crippen molar-refractivity contribution >= 4 is 28.8 Å². The molecule has 0 unspecified atom stereocenters. The largest absolute Gasteiger partial charge is 0.331 e. The Labute approximate surface area is 188 Å². The van der Waals surface area contributed by atoms with Crippen LogP contribution in [0.4, 0.5) is 5.69 Å². The summed E-state index contributed by atoms with van der Waals surface area (Å²) in [5.41, 5.74) is 6.57. The average molecular weight is 436 g/mol. The summed E-state index contributed by atoms with van der Waals surface area (Å²) in [6, 6.07) is 12.3. The third-order valence-corrected chi connectivity index (χ3v) is 6.11. The lowest BCUT2D eigenvalue weighted by atomic mass is 10.0. The van der Waals surface area contributed by atoms with Gasteiger partial charge in [-0.1, -0.05) is 55.8 Å². The number of carbonyl (C=O) groups excluding carboxylic acids is 2. The molecule has 162 valence electrons. The minimum absolute atomic E-state index is 0.0401. The van der Waals surface area contributed by atoms with Crippen LogP contribution in [0.3, 0.4) is 0 Å². The highest BCUT2D eigenvalue weighted by Gasteiger charge is 2.19. The number of benzene rings is 2. The number of hydrogen-bond donors (Lipinski definition) is 1. The molecule has 0 bridgehead atoms. The summed E-state index contributed by atoms with van der Waals surface area (Å²) >= 11 is 1.43. The van der Waals surface area contributed by atoms with Crippen LogP contribution in [0.1, 0.15) is 52.5 Å². The van der Waals surface area contributed by atoms with Crippen LogP contribution in [-0.2, 0) is 4.79 Å². The van der Waals surface area contributed by atoms with Gasteiger partial charge in [0.25, 0.3) is 5.91 Å². The Balaban J connectivity index is 1.66. The zero-order valence-corrected chi connectivity index (χ0v) is 19.8. The summed E-state index contributed by atoms with van der Waals surface area (Å²) in [6.07, 6.45) is 0. The van der Waals surface area contributed by atoms with Gasteiger partial charge < -0.3 is 10.2 Å². The number of carbonyl (C=O) groups is 2. The summed E-state index contributed by atoms with van der Waals surface area (Å²) in [4.78, 5) is 31.2. The van der Waals surface area contributed by atoms with E-state index in [1.54, 1.807) is 12.4 Å². The van der Waals surface area contributed by atoms with Gasteiger partial charge in [-0.25, -0.2) is 4.98 Å². The molecule has 3 rings (SSSR count). The van der Waals surface area contributed by atoms with Gasteiger partial charge in [0.2, 0.25) is 5.91 Å². The molecule has 0 saturated heterocycles. The Morgan fingerprint density at radius 1 is 1.06 bits per heavy atom. The second-order valence-electron chi connectivity index (χ2n) is 8.30. The Morgan fingerprint density at radius 2 is 1.68 bits per heavy atom. The predicted molar refractivity (Wildman–Crippen MR) is 128 cm³/mol. The molecule has 3 aromatic rings. The second-order valence-corrected chi connectivity index (χ2v) is 9.16. The minimum atomic E-state index is -0.270. The first-order valence-corrected chi connectivity index (χ1v) is 11.2.